The van der Waals surface area contributed by atoms with Gasteiger partial charge in [0.1, 0.15) is 22.3 Å². The number of rotatable bonds is 4. The van der Waals surface area contributed by atoms with Crippen LogP contribution in [-0.4, -0.2) is 0 Å². The SMILES string of the molecule is c1cc(-c2ccc3oc4cc5oc6ccc(-c7ccc8cc(-c9ccc%10ccccc%10c9)ccc8c7)cc6c5cc4c3c2)cc(-c2cc3ccccc3c3ccccc23)c1. The van der Waals surface area contributed by atoms with E-state index in [1.807, 2.05) is 0 Å². The van der Waals surface area contributed by atoms with Crippen molar-refractivity contribution in [1.82, 2.24) is 0 Å². The maximum atomic E-state index is 6.46. The summed E-state index contributed by atoms with van der Waals surface area (Å²) < 4.78 is 12.9. The number of furan rings is 2. The molecule has 0 N–H and O–H groups in total. The van der Waals surface area contributed by atoms with E-state index in [0.29, 0.717) is 0 Å². The minimum atomic E-state index is 0.822. The number of hydrogen-bond donors (Lipinski definition) is 0. The largest absolute Gasteiger partial charge is 0.456 e. The van der Waals surface area contributed by atoms with Crippen molar-refractivity contribution in [3.63, 3.8) is 0 Å². The van der Waals surface area contributed by atoms with Crippen molar-refractivity contribution in [3.05, 3.63) is 206 Å². The molecule has 2 nitrogen and oxygen atoms in total. The summed E-state index contributed by atoms with van der Waals surface area (Å²) in [6.45, 7) is 0. The Bertz CT molecular complexity index is 3900. The summed E-state index contributed by atoms with van der Waals surface area (Å²) in [6, 6.07) is 74.8. The third kappa shape index (κ3) is 5.21. The van der Waals surface area contributed by atoms with Crippen LogP contribution in [0.5, 0.6) is 0 Å². The van der Waals surface area contributed by atoms with Crippen molar-refractivity contribution >= 4 is 87.0 Å². The molecule has 278 valence electrons. The average molecular weight is 763 g/mol. The molecule has 0 aliphatic carbocycles. The standard InChI is InChI=1S/C58H34O2/c1-2-9-36-26-38(17-16-35(36)8-1)39-18-19-41-28-42(21-20-40(41)27-39)44-23-25-56-52(31-44)54-33-53-51-30-43(22-24-55(51)59-57(53)34-58(54)60-56)37-11-7-12-45(29-37)50-32-46-10-3-4-13-47(46)48-14-5-6-15-49(48)50/h1-34H. The second-order valence-corrected chi connectivity index (χ2v) is 16.1. The summed E-state index contributed by atoms with van der Waals surface area (Å²) in [5, 5.41) is 14.4. The Hall–Kier alpha value is -7.94. The van der Waals surface area contributed by atoms with Crippen molar-refractivity contribution in [2.75, 3.05) is 0 Å². The van der Waals surface area contributed by atoms with Gasteiger partial charge in [0, 0.05) is 27.6 Å². The van der Waals surface area contributed by atoms with Crippen LogP contribution in [0.25, 0.3) is 131 Å². The Morgan fingerprint density at radius 1 is 0.200 bits per heavy atom. The lowest BCUT2D eigenvalue weighted by atomic mass is 9.91. The quantitative estimate of drug-likeness (QED) is 0.167. The molecule has 0 bridgehead atoms. The van der Waals surface area contributed by atoms with Crippen molar-refractivity contribution in [2.45, 2.75) is 0 Å². The monoisotopic (exact) mass is 762 g/mol. The van der Waals surface area contributed by atoms with Crippen LogP contribution in [0, 0.1) is 0 Å². The molecule has 0 radical (unpaired) electrons. The smallest absolute Gasteiger partial charge is 0.139 e. The fraction of sp³-hybridized carbons (Fsp3) is 0. The molecular weight excluding hydrogens is 729 g/mol. The van der Waals surface area contributed by atoms with E-state index < -0.39 is 0 Å². The minimum Gasteiger partial charge on any atom is -0.456 e. The van der Waals surface area contributed by atoms with Gasteiger partial charge in [0.25, 0.3) is 0 Å². The van der Waals surface area contributed by atoms with Gasteiger partial charge in [-0.3, -0.25) is 0 Å². The molecule has 0 fully saturated rings. The van der Waals surface area contributed by atoms with Crippen LogP contribution in [0.1, 0.15) is 0 Å². The molecule has 0 spiro atoms. The van der Waals surface area contributed by atoms with Crippen LogP contribution in [-0.2, 0) is 0 Å². The van der Waals surface area contributed by atoms with Crippen LogP contribution >= 0.6 is 0 Å². The predicted octanol–water partition coefficient (Wildman–Crippen LogP) is 16.8. The van der Waals surface area contributed by atoms with Crippen molar-refractivity contribution in [1.29, 1.82) is 0 Å². The first-order valence-corrected chi connectivity index (χ1v) is 20.5. The Labute approximate surface area is 345 Å². The van der Waals surface area contributed by atoms with Gasteiger partial charge in [-0.25, -0.2) is 0 Å². The van der Waals surface area contributed by atoms with Gasteiger partial charge in [0.2, 0.25) is 0 Å². The number of benzene rings is 11. The lowest BCUT2D eigenvalue weighted by Gasteiger charge is -2.12. The summed E-state index contributed by atoms with van der Waals surface area (Å²) in [4.78, 5) is 0. The normalized spacial score (nSPS) is 12.0. The van der Waals surface area contributed by atoms with Crippen LogP contribution < -0.4 is 0 Å². The van der Waals surface area contributed by atoms with E-state index in [9.17, 15) is 0 Å². The molecule has 2 heterocycles. The molecule has 0 saturated heterocycles. The van der Waals surface area contributed by atoms with E-state index in [1.165, 1.54) is 76.5 Å². The zero-order valence-electron chi connectivity index (χ0n) is 32.4. The second-order valence-electron chi connectivity index (χ2n) is 16.1. The highest BCUT2D eigenvalue weighted by atomic mass is 16.3. The fourth-order valence-corrected chi connectivity index (χ4v) is 9.54. The molecule has 0 amide bonds. The van der Waals surface area contributed by atoms with Gasteiger partial charge in [0.05, 0.1) is 0 Å². The summed E-state index contributed by atoms with van der Waals surface area (Å²) in [5.41, 5.74) is 12.9. The van der Waals surface area contributed by atoms with E-state index in [4.69, 9.17) is 8.83 Å². The van der Waals surface area contributed by atoms with Crippen molar-refractivity contribution < 1.29 is 8.83 Å². The van der Waals surface area contributed by atoms with Crippen LogP contribution in [0.4, 0.5) is 0 Å². The van der Waals surface area contributed by atoms with Gasteiger partial charge in [-0.15, -0.1) is 0 Å². The molecule has 0 unspecified atom stereocenters. The first-order valence-electron chi connectivity index (χ1n) is 20.5. The molecule has 0 atom stereocenters. The first-order chi connectivity index (χ1) is 29.7. The zero-order chi connectivity index (χ0) is 39.3. The molecule has 13 aromatic rings. The minimum absolute atomic E-state index is 0.822. The Balaban J connectivity index is 0.876. The van der Waals surface area contributed by atoms with Crippen LogP contribution in [0.2, 0.25) is 0 Å². The van der Waals surface area contributed by atoms with Gasteiger partial charge in [-0.1, -0.05) is 140 Å². The average Bonchev–Trinajstić information content (AvgIpc) is 3.86. The predicted molar refractivity (Wildman–Crippen MR) is 253 cm³/mol. The molecule has 60 heavy (non-hydrogen) atoms. The lowest BCUT2D eigenvalue weighted by molar-refractivity contribution is 0.656. The zero-order valence-corrected chi connectivity index (χ0v) is 32.4. The Kier molecular flexibility index (Phi) is 7.05. The number of fused-ring (bicyclic) bond motifs is 11. The van der Waals surface area contributed by atoms with E-state index >= 15 is 0 Å². The summed E-state index contributed by atoms with van der Waals surface area (Å²) in [5.74, 6) is 0. The van der Waals surface area contributed by atoms with Crippen LogP contribution in [0.15, 0.2) is 215 Å². The summed E-state index contributed by atoms with van der Waals surface area (Å²) in [7, 11) is 0. The third-order valence-corrected chi connectivity index (χ3v) is 12.6. The van der Waals surface area contributed by atoms with Crippen molar-refractivity contribution in [3.8, 4) is 44.5 Å². The molecule has 2 aromatic heterocycles. The van der Waals surface area contributed by atoms with E-state index in [1.54, 1.807) is 0 Å². The van der Waals surface area contributed by atoms with Gasteiger partial charge in [0.15, 0.2) is 0 Å². The number of hydrogen-bond acceptors (Lipinski definition) is 2. The molecular formula is C58H34O2. The molecule has 11 aromatic carbocycles. The van der Waals surface area contributed by atoms with Crippen LogP contribution in [0.3, 0.4) is 0 Å². The first kappa shape index (κ1) is 33.1. The van der Waals surface area contributed by atoms with E-state index in [-0.39, 0.29) is 0 Å². The second kappa shape index (κ2) is 12.8. The highest BCUT2D eigenvalue weighted by molar-refractivity contribution is 6.17. The molecule has 2 heteroatoms. The Morgan fingerprint density at radius 2 is 0.650 bits per heavy atom. The third-order valence-electron chi connectivity index (χ3n) is 12.6. The maximum absolute atomic E-state index is 6.46. The van der Waals surface area contributed by atoms with Crippen molar-refractivity contribution in [2.24, 2.45) is 0 Å². The van der Waals surface area contributed by atoms with E-state index in [0.717, 1.165) is 55.0 Å². The highest BCUT2D eigenvalue weighted by Gasteiger charge is 2.16. The molecule has 13 rings (SSSR count). The van der Waals surface area contributed by atoms with E-state index in [2.05, 4.69) is 206 Å². The van der Waals surface area contributed by atoms with Gasteiger partial charge in [-0.2, -0.15) is 0 Å². The summed E-state index contributed by atoms with van der Waals surface area (Å²) in [6.07, 6.45) is 0. The summed E-state index contributed by atoms with van der Waals surface area (Å²) >= 11 is 0. The highest BCUT2D eigenvalue weighted by Crippen LogP contribution is 2.41. The fourth-order valence-electron chi connectivity index (χ4n) is 9.54. The lowest BCUT2D eigenvalue weighted by Crippen LogP contribution is -1.86. The Morgan fingerprint density at radius 3 is 1.30 bits per heavy atom. The molecule has 0 aliphatic heterocycles. The molecule has 0 aliphatic rings. The van der Waals surface area contributed by atoms with Gasteiger partial charge >= 0.3 is 0 Å². The topological polar surface area (TPSA) is 26.3 Å². The van der Waals surface area contributed by atoms with Gasteiger partial charge < -0.3 is 8.83 Å². The molecule has 0 saturated carbocycles. The maximum Gasteiger partial charge on any atom is 0.139 e. The van der Waals surface area contributed by atoms with Gasteiger partial charge in [-0.05, 0) is 148 Å².